The quantitative estimate of drug-likeness (QED) is 0.527. The Bertz CT molecular complexity index is 179. The lowest BCUT2D eigenvalue weighted by molar-refractivity contribution is 1.15. The van der Waals surface area contributed by atoms with Gasteiger partial charge in [-0.05, 0) is 12.0 Å². The molecule has 0 atom stereocenters. The number of rotatable bonds is 0. The third-order valence-corrected chi connectivity index (χ3v) is 3.36. The van der Waals surface area contributed by atoms with Crippen LogP contribution in [0.15, 0.2) is 16.6 Å². The van der Waals surface area contributed by atoms with Crippen LogP contribution in [0.4, 0.5) is 0 Å². The smallest absolute Gasteiger partial charge is 0.0358 e. The van der Waals surface area contributed by atoms with Gasteiger partial charge in [0.15, 0.2) is 0 Å². The minimum absolute atomic E-state index is 1.18. The zero-order valence-corrected chi connectivity index (χ0v) is 6.65. The molecule has 1 radical (unpaired) electrons. The van der Waals surface area contributed by atoms with Crippen molar-refractivity contribution >= 4 is 23.5 Å². The largest absolute Gasteiger partial charge is 0.123 e. The first-order chi connectivity index (χ1) is 4.47. The Morgan fingerprint density at radius 2 is 2.56 bits per heavy atom. The first kappa shape index (κ1) is 5.93. The Labute approximate surface area is 63.8 Å². The molecule has 0 aromatic carbocycles. The van der Waals surface area contributed by atoms with E-state index in [0.29, 0.717) is 0 Å². The molecule has 9 heavy (non-hydrogen) atoms. The van der Waals surface area contributed by atoms with Crippen LogP contribution in [0.25, 0.3) is 0 Å². The molecule has 0 spiro atoms. The predicted molar refractivity (Wildman–Crippen MR) is 44.4 cm³/mol. The summed E-state index contributed by atoms with van der Waals surface area (Å²) in [6.07, 6.45) is 3.59. The van der Waals surface area contributed by atoms with Crippen molar-refractivity contribution in [3.05, 3.63) is 22.0 Å². The molecule has 0 aromatic heterocycles. The first-order valence-electron chi connectivity index (χ1n) is 3.04. The average Bonchev–Trinajstić information content (AvgIpc) is 2.33. The maximum absolute atomic E-state index is 3.31. The summed E-state index contributed by atoms with van der Waals surface area (Å²) in [5.41, 5.74) is 1.54. The van der Waals surface area contributed by atoms with E-state index in [9.17, 15) is 0 Å². The van der Waals surface area contributed by atoms with Gasteiger partial charge in [-0.2, -0.15) is 0 Å². The fourth-order valence-electron chi connectivity index (χ4n) is 0.999. The van der Waals surface area contributed by atoms with Crippen molar-refractivity contribution in [3.63, 3.8) is 0 Å². The molecule has 0 amide bonds. The second kappa shape index (κ2) is 2.43. The van der Waals surface area contributed by atoms with Crippen LogP contribution in [-0.2, 0) is 0 Å². The lowest BCUT2D eigenvalue weighted by atomic mass is 10.2. The summed E-state index contributed by atoms with van der Waals surface area (Å²) in [6.45, 7) is 0. The molecule has 0 saturated heterocycles. The molecular formula is C7H7S2. The van der Waals surface area contributed by atoms with Crippen LogP contribution in [-0.4, -0.2) is 11.5 Å². The Morgan fingerprint density at radius 3 is 3.44 bits per heavy atom. The van der Waals surface area contributed by atoms with E-state index in [1.54, 1.807) is 5.57 Å². The van der Waals surface area contributed by atoms with E-state index in [1.807, 2.05) is 23.5 Å². The molecule has 0 N–H and O–H groups in total. The molecule has 0 bridgehead atoms. The predicted octanol–water partition coefficient (Wildman–Crippen LogP) is 2.44. The van der Waals surface area contributed by atoms with Crippen molar-refractivity contribution in [1.82, 2.24) is 0 Å². The van der Waals surface area contributed by atoms with E-state index in [1.165, 1.54) is 22.8 Å². The molecule has 2 aliphatic rings. The number of thioether (sulfide) groups is 2. The lowest BCUT2D eigenvalue weighted by Gasteiger charge is -2.07. The molecular weight excluding hydrogens is 148 g/mol. The number of hydrogen-bond donors (Lipinski definition) is 0. The normalized spacial score (nSPS) is 24.9. The molecule has 0 saturated carbocycles. The number of allylic oxidation sites excluding steroid dienone is 1. The molecule has 0 unspecified atom stereocenters. The Kier molecular flexibility index (Phi) is 1.60. The average molecular weight is 155 g/mol. The summed E-state index contributed by atoms with van der Waals surface area (Å²) in [5, 5.41) is 3.31. The van der Waals surface area contributed by atoms with Crippen LogP contribution >= 0.6 is 23.5 Å². The first-order valence-corrected chi connectivity index (χ1v) is 5.01. The van der Waals surface area contributed by atoms with Crippen molar-refractivity contribution in [2.24, 2.45) is 0 Å². The van der Waals surface area contributed by atoms with Crippen LogP contribution in [0.1, 0.15) is 6.42 Å². The van der Waals surface area contributed by atoms with Crippen molar-refractivity contribution in [2.75, 3.05) is 11.5 Å². The Balaban J connectivity index is 2.30. The molecule has 2 heteroatoms. The van der Waals surface area contributed by atoms with E-state index >= 15 is 0 Å². The SMILES string of the molecule is [C]1=C2SCC=C2CCS1. The van der Waals surface area contributed by atoms with Gasteiger partial charge in [0, 0.05) is 21.8 Å². The third-order valence-electron chi connectivity index (χ3n) is 1.49. The third kappa shape index (κ3) is 1.06. The summed E-state index contributed by atoms with van der Waals surface area (Å²) < 4.78 is 0. The van der Waals surface area contributed by atoms with Gasteiger partial charge in [-0.1, -0.05) is 6.08 Å². The molecule has 2 rings (SSSR count). The second-order valence-electron chi connectivity index (χ2n) is 2.07. The van der Waals surface area contributed by atoms with E-state index in [2.05, 4.69) is 11.5 Å². The molecule has 0 aliphatic carbocycles. The molecule has 0 aromatic rings. The fraction of sp³-hybridized carbons (Fsp3) is 0.429. The topological polar surface area (TPSA) is 0 Å². The standard InChI is InChI=1S/C7H7S2/c1-3-8-5-7-6(1)2-4-9-7/h2H,1,3-4H2. The van der Waals surface area contributed by atoms with Crippen LogP contribution in [0.2, 0.25) is 0 Å². The Morgan fingerprint density at radius 1 is 1.56 bits per heavy atom. The van der Waals surface area contributed by atoms with Gasteiger partial charge in [-0.25, -0.2) is 0 Å². The highest BCUT2D eigenvalue weighted by molar-refractivity contribution is 8.06. The van der Waals surface area contributed by atoms with Gasteiger partial charge in [-0.15, -0.1) is 23.5 Å². The molecule has 0 nitrogen and oxygen atoms in total. The molecule has 0 fully saturated rings. The van der Waals surface area contributed by atoms with E-state index in [0.717, 1.165) is 0 Å². The van der Waals surface area contributed by atoms with Crippen molar-refractivity contribution < 1.29 is 0 Å². The van der Waals surface area contributed by atoms with Crippen LogP contribution in [0, 0.1) is 5.41 Å². The summed E-state index contributed by atoms with van der Waals surface area (Å²) >= 11 is 3.74. The van der Waals surface area contributed by atoms with Gasteiger partial charge < -0.3 is 0 Å². The van der Waals surface area contributed by atoms with Crippen LogP contribution in [0.5, 0.6) is 0 Å². The maximum Gasteiger partial charge on any atom is 0.0358 e. The molecule has 2 aliphatic heterocycles. The summed E-state index contributed by atoms with van der Waals surface area (Å²) in [5.74, 6) is 2.41. The Hall–Kier alpha value is 0.180. The van der Waals surface area contributed by atoms with Crippen LogP contribution in [0.3, 0.4) is 0 Å². The van der Waals surface area contributed by atoms with Gasteiger partial charge in [0.25, 0.3) is 0 Å². The minimum Gasteiger partial charge on any atom is -0.123 e. The van der Waals surface area contributed by atoms with E-state index < -0.39 is 0 Å². The zero-order valence-electron chi connectivity index (χ0n) is 5.02. The van der Waals surface area contributed by atoms with Crippen molar-refractivity contribution in [3.8, 4) is 0 Å². The van der Waals surface area contributed by atoms with Gasteiger partial charge in [0.05, 0.1) is 0 Å². The highest BCUT2D eigenvalue weighted by Gasteiger charge is 2.14. The maximum atomic E-state index is 3.31. The number of hydrogen-bond acceptors (Lipinski definition) is 2. The van der Waals surface area contributed by atoms with Gasteiger partial charge in [-0.3, -0.25) is 0 Å². The highest BCUT2D eigenvalue weighted by Crippen LogP contribution is 2.38. The molecule has 2 heterocycles. The van der Waals surface area contributed by atoms with E-state index in [4.69, 9.17) is 0 Å². The van der Waals surface area contributed by atoms with Crippen molar-refractivity contribution in [1.29, 1.82) is 0 Å². The summed E-state index contributed by atoms with van der Waals surface area (Å²) in [6, 6.07) is 0. The second-order valence-corrected chi connectivity index (χ2v) is 4.00. The zero-order chi connectivity index (χ0) is 6.10. The van der Waals surface area contributed by atoms with Gasteiger partial charge >= 0.3 is 0 Å². The minimum atomic E-state index is 1.18. The van der Waals surface area contributed by atoms with Gasteiger partial charge in [0.2, 0.25) is 0 Å². The lowest BCUT2D eigenvalue weighted by Crippen LogP contribution is -1.89. The monoisotopic (exact) mass is 155 g/mol. The molecule has 47 valence electrons. The highest BCUT2D eigenvalue weighted by atomic mass is 32.2. The van der Waals surface area contributed by atoms with E-state index in [-0.39, 0.29) is 0 Å². The fourth-order valence-corrected chi connectivity index (χ4v) is 2.92. The van der Waals surface area contributed by atoms with Crippen molar-refractivity contribution in [2.45, 2.75) is 6.42 Å². The summed E-state index contributed by atoms with van der Waals surface area (Å²) in [7, 11) is 0. The number of fused-ring (bicyclic) bond motifs is 1. The van der Waals surface area contributed by atoms with Crippen LogP contribution < -0.4 is 0 Å². The van der Waals surface area contributed by atoms with Gasteiger partial charge in [0.1, 0.15) is 0 Å². The summed E-state index contributed by atoms with van der Waals surface area (Å²) in [4.78, 5) is 1.41.